The molecule has 0 spiro atoms. The normalized spacial score (nSPS) is 17.0. The number of alkyl halides is 2. The number of thiazole rings is 1. The van der Waals surface area contributed by atoms with Gasteiger partial charge < -0.3 is 10.5 Å². The smallest absolute Gasteiger partial charge is 0.387 e. The van der Waals surface area contributed by atoms with Crippen LogP contribution in [-0.4, -0.2) is 11.6 Å². The van der Waals surface area contributed by atoms with Crippen molar-refractivity contribution in [1.82, 2.24) is 4.98 Å². The lowest BCUT2D eigenvalue weighted by atomic mass is 9.78. The van der Waals surface area contributed by atoms with E-state index in [0.29, 0.717) is 0 Å². The van der Waals surface area contributed by atoms with Crippen LogP contribution in [0.1, 0.15) is 24.3 Å². The second-order valence-corrected chi connectivity index (χ2v) is 5.81. The average molecular weight is 296 g/mol. The van der Waals surface area contributed by atoms with Gasteiger partial charge in [-0.15, -0.1) is 11.3 Å². The Morgan fingerprint density at radius 2 is 1.95 bits per heavy atom. The van der Waals surface area contributed by atoms with Gasteiger partial charge in [-0.3, -0.25) is 0 Å². The Bertz CT molecular complexity index is 593. The van der Waals surface area contributed by atoms with E-state index in [0.717, 1.165) is 35.5 Å². The average Bonchev–Trinajstić information content (AvgIpc) is 2.86. The summed E-state index contributed by atoms with van der Waals surface area (Å²) in [4.78, 5) is 4.57. The van der Waals surface area contributed by atoms with Crippen molar-refractivity contribution in [3.05, 3.63) is 34.7 Å². The van der Waals surface area contributed by atoms with Gasteiger partial charge in [0.1, 0.15) is 10.8 Å². The van der Waals surface area contributed by atoms with E-state index < -0.39 is 6.61 Å². The molecule has 0 aliphatic heterocycles. The monoisotopic (exact) mass is 296 g/mol. The number of ether oxygens (including phenoxy) is 1. The highest BCUT2D eigenvalue weighted by Gasteiger charge is 2.37. The molecule has 0 atom stereocenters. The summed E-state index contributed by atoms with van der Waals surface area (Å²) in [6, 6.07) is 6.48. The van der Waals surface area contributed by atoms with Crippen molar-refractivity contribution < 1.29 is 13.5 Å². The largest absolute Gasteiger partial charge is 0.435 e. The molecule has 1 aromatic carbocycles. The van der Waals surface area contributed by atoms with E-state index in [-0.39, 0.29) is 11.3 Å². The summed E-state index contributed by atoms with van der Waals surface area (Å²) in [6.07, 6.45) is 3.09. The number of halogens is 2. The molecule has 0 radical (unpaired) electrons. The predicted octanol–water partition coefficient (Wildman–Crippen LogP) is 3.75. The molecule has 0 amide bonds. The van der Waals surface area contributed by atoms with Gasteiger partial charge in [0.05, 0.1) is 11.2 Å². The molecule has 1 aliphatic rings. The number of hydrogen-bond acceptors (Lipinski definition) is 4. The van der Waals surface area contributed by atoms with Crippen molar-refractivity contribution >= 4 is 11.3 Å². The van der Waals surface area contributed by atoms with Gasteiger partial charge in [-0.1, -0.05) is 0 Å². The minimum atomic E-state index is -2.80. The molecule has 3 rings (SSSR count). The SMILES string of the molecule is NC1(c2nc(-c3ccc(OC(F)F)cc3)cs2)CCC1. The van der Waals surface area contributed by atoms with E-state index in [1.165, 1.54) is 12.1 Å². The number of aromatic nitrogens is 1. The van der Waals surface area contributed by atoms with Gasteiger partial charge in [-0.05, 0) is 43.5 Å². The van der Waals surface area contributed by atoms with Crippen LogP contribution in [0, 0.1) is 0 Å². The molecule has 0 bridgehead atoms. The summed E-state index contributed by atoms with van der Waals surface area (Å²) in [5.41, 5.74) is 7.67. The molecule has 1 aliphatic carbocycles. The number of nitrogens with two attached hydrogens (primary N) is 1. The summed E-state index contributed by atoms with van der Waals surface area (Å²) in [5, 5.41) is 2.90. The zero-order valence-corrected chi connectivity index (χ0v) is 11.5. The van der Waals surface area contributed by atoms with Crippen LogP contribution in [-0.2, 0) is 5.54 Å². The molecule has 3 nitrogen and oxygen atoms in total. The summed E-state index contributed by atoms with van der Waals surface area (Å²) >= 11 is 1.55. The van der Waals surface area contributed by atoms with Crippen LogP contribution in [0.5, 0.6) is 5.75 Å². The number of benzene rings is 1. The molecule has 1 aromatic heterocycles. The fraction of sp³-hybridized carbons (Fsp3) is 0.357. The van der Waals surface area contributed by atoms with Crippen LogP contribution in [0.4, 0.5) is 8.78 Å². The standard InChI is InChI=1S/C14H14F2N2OS/c15-13(16)19-10-4-2-9(3-5-10)11-8-20-12(18-11)14(17)6-1-7-14/h2-5,8,13H,1,6-7,17H2. The summed E-state index contributed by atoms with van der Waals surface area (Å²) < 4.78 is 28.5. The van der Waals surface area contributed by atoms with E-state index in [2.05, 4.69) is 9.72 Å². The Morgan fingerprint density at radius 1 is 1.25 bits per heavy atom. The third-order valence-electron chi connectivity index (χ3n) is 3.55. The highest BCUT2D eigenvalue weighted by molar-refractivity contribution is 7.10. The Balaban J connectivity index is 1.79. The molecule has 0 unspecified atom stereocenters. The van der Waals surface area contributed by atoms with Crippen LogP contribution in [0.2, 0.25) is 0 Å². The number of nitrogens with zero attached hydrogens (tertiary/aromatic N) is 1. The van der Waals surface area contributed by atoms with Crippen molar-refractivity contribution in [3.63, 3.8) is 0 Å². The van der Waals surface area contributed by atoms with Gasteiger partial charge in [0.25, 0.3) is 0 Å². The fourth-order valence-electron chi connectivity index (χ4n) is 2.21. The second-order valence-electron chi connectivity index (χ2n) is 4.95. The van der Waals surface area contributed by atoms with Gasteiger partial charge in [-0.25, -0.2) is 4.98 Å². The Morgan fingerprint density at radius 3 is 2.50 bits per heavy atom. The maximum absolute atomic E-state index is 12.1. The van der Waals surface area contributed by atoms with Gasteiger partial charge in [0.15, 0.2) is 0 Å². The summed E-state index contributed by atoms with van der Waals surface area (Å²) in [7, 11) is 0. The molecular formula is C14H14F2N2OS. The Kier molecular flexibility index (Phi) is 3.43. The van der Waals surface area contributed by atoms with Crippen molar-refractivity contribution in [2.45, 2.75) is 31.4 Å². The van der Waals surface area contributed by atoms with Crippen LogP contribution >= 0.6 is 11.3 Å². The van der Waals surface area contributed by atoms with Crippen molar-refractivity contribution in [2.75, 3.05) is 0 Å². The van der Waals surface area contributed by atoms with Crippen molar-refractivity contribution in [3.8, 4) is 17.0 Å². The maximum atomic E-state index is 12.1. The lowest BCUT2D eigenvalue weighted by molar-refractivity contribution is -0.0498. The topological polar surface area (TPSA) is 48.1 Å². The van der Waals surface area contributed by atoms with E-state index in [9.17, 15) is 8.78 Å². The number of rotatable bonds is 4. The molecule has 20 heavy (non-hydrogen) atoms. The van der Waals surface area contributed by atoms with Gasteiger partial charge in [0.2, 0.25) is 0 Å². The molecule has 1 fully saturated rings. The van der Waals surface area contributed by atoms with Crippen molar-refractivity contribution in [1.29, 1.82) is 0 Å². The summed E-state index contributed by atoms with van der Waals surface area (Å²) in [6.45, 7) is -2.80. The zero-order chi connectivity index (χ0) is 14.2. The van der Waals surface area contributed by atoms with E-state index >= 15 is 0 Å². The molecule has 6 heteroatoms. The van der Waals surface area contributed by atoms with Crippen LogP contribution < -0.4 is 10.5 Å². The molecule has 0 saturated heterocycles. The molecule has 1 heterocycles. The molecule has 2 aromatic rings. The van der Waals surface area contributed by atoms with Crippen molar-refractivity contribution in [2.24, 2.45) is 5.73 Å². The van der Waals surface area contributed by atoms with E-state index in [1.807, 2.05) is 5.38 Å². The maximum Gasteiger partial charge on any atom is 0.387 e. The first kappa shape index (κ1) is 13.5. The van der Waals surface area contributed by atoms with Gasteiger partial charge >= 0.3 is 6.61 Å². The van der Waals surface area contributed by atoms with E-state index in [1.54, 1.807) is 23.5 Å². The highest BCUT2D eigenvalue weighted by atomic mass is 32.1. The fourth-order valence-corrected chi connectivity index (χ4v) is 3.22. The molecule has 1 saturated carbocycles. The van der Waals surface area contributed by atoms with Crippen LogP contribution in [0.3, 0.4) is 0 Å². The first-order valence-corrected chi connectivity index (χ1v) is 7.25. The third-order valence-corrected chi connectivity index (χ3v) is 4.61. The Hall–Kier alpha value is -1.53. The Labute approximate surface area is 119 Å². The van der Waals surface area contributed by atoms with Gasteiger partial charge in [-0.2, -0.15) is 8.78 Å². The second kappa shape index (κ2) is 5.10. The van der Waals surface area contributed by atoms with Gasteiger partial charge in [0, 0.05) is 10.9 Å². The predicted molar refractivity (Wildman–Crippen MR) is 73.9 cm³/mol. The highest BCUT2D eigenvalue weighted by Crippen LogP contribution is 2.41. The molecule has 2 N–H and O–H groups in total. The first-order valence-electron chi connectivity index (χ1n) is 6.37. The molecule has 106 valence electrons. The molecular weight excluding hydrogens is 282 g/mol. The minimum absolute atomic E-state index is 0.147. The quantitative estimate of drug-likeness (QED) is 0.934. The lowest BCUT2D eigenvalue weighted by Crippen LogP contribution is -2.43. The number of hydrogen-bond donors (Lipinski definition) is 1. The zero-order valence-electron chi connectivity index (χ0n) is 10.7. The van der Waals surface area contributed by atoms with Crippen LogP contribution in [0.15, 0.2) is 29.6 Å². The lowest BCUT2D eigenvalue weighted by Gasteiger charge is -2.35. The minimum Gasteiger partial charge on any atom is -0.435 e. The first-order chi connectivity index (χ1) is 9.57. The summed E-state index contributed by atoms with van der Waals surface area (Å²) in [5.74, 6) is 0.147. The van der Waals surface area contributed by atoms with E-state index in [4.69, 9.17) is 5.73 Å². The van der Waals surface area contributed by atoms with Crippen LogP contribution in [0.25, 0.3) is 11.3 Å². The third kappa shape index (κ3) is 2.53.